The zero-order valence-electron chi connectivity index (χ0n) is 15.5. The molecule has 29 heavy (non-hydrogen) atoms. The lowest BCUT2D eigenvalue weighted by molar-refractivity contribution is -0.524. The van der Waals surface area contributed by atoms with Crippen molar-refractivity contribution in [1.82, 2.24) is 0 Å². The van der Waals surface area contributed by atoms with E-state index >= 15 is 0 Å². The van der Waals surface area contributed by atoms with Crippen LogP contribution in [0.3, 0.4) is 0 Å². The highest BCUT2D eigenvalue weighted by molar-refractivity contribution is 7.80. The molecule has 3 saturated heterocycles. The lowest BCUT2D eigenvalue weighted by atomic mass is 9.90. The van der Waals surface area contributed by atoms with Gasteiger partial charge in [-0.15, -0.1) is 0 Å². The molecule has 3 heterocycles. The molecule has 2 bridgehead atoms. The van der Waals surface area contributed by atoms with Gasteiger partial charge in [0.25, 0.3) is 0 Å². The van der Waals surface area contributed by atoms with Crippen LogP contribution in [-0.4, -0.2) is 104 Å². The van der Waals surface area contributed by atoms with E-state index in [2.05, 4.69) is 14.1 Å². The van der Waals surface area contributed by atoms with Gasteiger partial charge in [-0.1, -0.05) is 12.0 Å². The summed E-state index contributed by atoms with van der Waals surface area (Å²) in [6.45, 7) is 1.03. The van der Waals surface area contributed by atoms with Crippen molar-refractivity contribution in [2.24, 2.45) is 5.92 Å². The Bertz CT molecular complexity index is 642. The number of rotatable bonds is 8. The van der Waals surface area contributed by atoms with Gasteiger partial charge in [0.05, 0.1) is 13.2 Å². The Labute approximate surface area is 165 Å². The number of hydrogen-bond donors (Lipinski definition) is 4. The van der Waals surface area contributed by atoms with Crippen LogP contribution in [0.2, 0.25) is 0 Å². The Morgan fingerprint density at radius 2 is 1.86 bits per heavy atom. The van der Waals surface area contributed by atoms with Crippen molar-refractivity contribution < 1.29 is 66.2 Å². The minimum Gasteiger partial charge on any atom is -0.394 e. The quantitative estimate of drug-likeness (QED) is 0.178. The van der Waals surface area contributed by atoms with Crippen molar-refractivity contribution in [1.29, 1.82) is 0 Å². The van der Waals surface area contributed by atoms with Gasteiger partial charge < -0.3 is 33.9 Å². The first-order valence-corrected chi connectivity index (χ1v) is 10.1. The van der Waals surface area contributed by atoms with Gasteiger partial charge in [-0.2, -0.15) is 13.3 Å². The minimum atomic E-state index is -4.86. The van der Waals surface area contributed by atoms with Crippen LogP contribution in [0.25, 0.3) is 0 Å². The summed E-state index contributed by atoms with van der Waals surface area (Å²) in [7, 11) is -3.60. The summed E-state index contributed by atoms with van der Waals surface area (Å²) in [5, 5.41) is 32.2. The summed E-state index contributed by atoms with van der Waals surface area (Å²) in [6.07, 6.45) is -9.81. The number of hydrogen-bond acceptors (Lipinski definition) is 13. The number of fused-ring (bicyclic) bond motifs is 2. The number of ether oxygens (including phenoxy) is 5. The molecule has 15 heteroatoms. The van der Waals surface area contributed by atoms with Crippen LogP contribution in [0, 0.1) is 5.92 Å². The molecule has 0 aromatic heterocycles. The monoisotopic (exact) mass is 448 g/mol. The lowest BCUT2D eigenvalue weighted by Crippen LogP contribution is -2.61. The summed E-state index contributed by atoms with van der Waals surface area (Å²) >= 11 is 0. The molecule has 3 aliphatic rings. The van der Waals surface area contributed by atoms with Crippen LogP contribution in [0.4, 0.5) is 0 Å². The first kappa shape index (κ1) is 23.1. The van der Waals surface area contributed by atoms with Gasteiger partial charge in [0.15, 0.2) is 18.7 Å². The van der Waals surface area contributed by atoms with Gasteiger partial charge in [-0.25, -0.2) is 9.44 Å². The predicted octanol–water partition coefficient (Wildman–Crippen LogP) is -2.17. The summed E-state index contributed by atoms with van der Waals surface area (Å²) in [5.74, 6) is -0.697. The second-order valence-electron chi connectivity index (χ2n) is 6.88. The minimum absolute atomic E-state index is 0.00636. The molecule has 3 rings (SSSR count). The zero-order valence-corrected chi connectivity index (χ0v) is 16.3. The van der Waals surface area contributed by atoms with Crippen molar-refractivity contribution >= 4 is 10.4 Å². The van der Waals surface area contributed by atoms with E-state index in [4.69, 9.17) is 33.5 Å². The molecule has 170 valence electrons. The van der Waals surface area contributed by atoms with E-state index in [1.165, 1.54) is 7.11 Å². The summed E-state index contributed by atoms with van der Waals surface area (Å²) in [4.78, 5) is 4.64. The van der Waals surface area contributed by atoms with Crippen molar-refractivity contribution in [3.8, 4) is 0 Å². The topological polar surface area (TPSA) is 189 Å². The van der Waals surface area contributed by atoms with Crippen molar-refractivity contribution in [3.05, 3.63) is 0 Å². The highest BCUT2D eigenvalue weighted by atomic mass is 32.3. The second-order valence-corrected chi connectivity index (χ2v) is 7.92. The number of aliphatic hydroxyl groups excluding tert-OH is 2. The molecule has 4 unspecified atom stereocenters. The Kier molecular flexibility index (Phi) is 7.43. The molecule has 3 aliphatic heterocycles. The van der Waals surface area contributed by atoms with Crippen LogP contribution in [0.5, 0.6) is 0 Å². The third-order valence-electron chi connectivity index (χ3n) is 5.15. The van der Waals surface area contributed by atoms with Crippen LogP contribution < -0.4 is 0 Å². The maximum Gasteiger partial charge on any atom is 0.397 e. The van der Waals surface area contributed by atoms with Crippen molar-refractivity contribution in [3.63, 3.8) is 0 Å². The van der Waals surface area contributed by atoms with Crippen LogP contribution in [0.1, 0.15) is 6.92 Å². The Balaban J connectivity index is 1.75. The maximum absolute atomic E-state index is 11.2. The van der Waals surface area contributed by atoms with E-state index in [-0.39, 0.29) is 6.61 Å². The first-order chi connectivity index (χ1) is 13.7. The fraction of sp³-hybridized carbons (Fsp3) is 1.00. The number of methoxy groups -OCH3 is 1. The fourth-order valence-corrected chi connectivity index (χ4v) is 4.21. The standard InChI is InChI=1S/C14H24O14S/c1-5-8(16)13(23-6(3-15)9(5)26-28-17)25-10-7-4-22-11(10)12(14(21-2)24-7)27-29(18,19)20/h5-17H,3-4H2,1-2H3,(H,18,19,20)/t5-,6?,7?,8?,9-,10+,11?,12+,13+,14+/m1/s1. The summed E-state index contributed by atoms with van der Waals surface area (Å²) in [5.41, 5.74) is 0. The van der Waals surface area contributed by atoms with E-state index in [0.717, 1.165) is 0 Å². The highest BCUT2D eigenvalue weighted by Gasteiger charge is 2.56. The van der Waals surface area contributed by atoms with Gasteiger partial charge >= 0.3 is 10.4 Å². The summed E-state index contributed by atoms with van der Waals surface area (Å²) < 4.78 is 63.5. The van der Waals surface area contributed by atoms with E-state index in [1.54, 1.807) is 6.92 Å². The molecular formula is C14H24O14S. The second kappa shape index (κ2) is 9.31. The van der Waals surface area contributed by atoms with Crippen molar-refractivity contribution in [2.75, 3.05) is 20.3 Å². The molecule has 0 radical (unpaired) electrons. The van der Waals surface area contributed by atoms with E-state index in [9.17, 15) is 18.6 Å². The first-order valence-electron chi connectivity index (χ1n) is 8.72. The average molecular weight is 448 g/mol. The van der Waals surface area contributed by atoms with Crippen molar-refractivity contribution in [2.45, 2.75) is 62.2 Å². The zero-order chi connectivity index (χ0) is 21.3. The number of aliphatic hydroxyl groups is 2. The van der Waals surface area contributed by atoms with Crippen LogP contribution in [-0.2, 0) is 48.2 Å². The SMILES string of the molecule is CO[C@H]1OC2COC([C@H]2O[C@@H]2OC(CO)[C@H](OOO)[C@H](C)C2O)[C@@H]1OS(=O)(=O)O. The molecule has 3 fully saturated rings. The largest absolute Gasteiger partial charge is 0.397 e. The molecule has 0 aliphatic carbocycles. The van der Waals surface area contributed by atoms with E-state index in [1.807, 2.05) is 0 Å². The van der Waals surface area contributed by atoms with Gasteiger partial charge in [0, 0.05) is 13.0 Å². The van der Waals surface area contributed by atoms with Crippen LogP contribution in [0.15, 0.2) is 0 Å². The molecule has 4 N–H and O–H groups in total. The smallest absolute Gasteiger partial charge is 0.394 e. The Morgan fingerprint density at radius 1 is 1.14 bits per heavy atom. The Morgan fingerprint density at radius 3 is 2.45 bits per heavy atom. The highest BCUT2D eigenvalue weighted by Crippen LogP contribution is 2.37. The molecule has 0 amide bonds. The van der Waals surface area contributed by atoms with Gasteiger partial charge in [0.1, 0.15) is 36.6 Å². The summed E-state index contributed by atoms with van der Waals surface area (Å²) in [6, 6.07) is 0. The molecule has 0 aromatic carbocycles. The van der Waals surface area contributed by atoms with E-state index < -0.39 is 78.2 Å². The normalized spacial score (nSPS) is 45.4. The molecule has 10 atom stereocenters. The fourth-order valence-electron chi connectivity index (χ4n) is 3.73. The third-order valence-corrected chi connectivity index (χ3v) is 5.61. The average Bonchev–Trinajstić information content (AvgIpc) is 2.96. The molecule has 0 saturated carbocycles. The molecule has 0 aromatic rings. The predicted molar refractivity (Wildman–Crippen MR) is 86.2 cm³/mol. The molecule has 14 nitrogen and oxygen atoms in total. The van der Waals surface area contributed by atoms with E-state index in [0.29, 0.717) is 0 Å². The van der Waals surface area contributed by atoms with Gasteiger partial charge in [-0.3, -0.25) is 4.55 Å². The molecule has 0 spiro atoms. The lowest BCUT2D eigenvalue weighted by Gasteiger charge is -2.44. The van der Waals surface area contributed by atoms with Gasteiger partial charge in [-0.05, 0) is 0 Å². The maximum atomic E-state index is 11.2. The molecular weight excluding hydrogens is 424 g/mol. The Hall–Kier alpha value is -0.530. The van der Waals surface area contributed by atoms with Crippen LogP contribution >= 0.6 is 0 Å². The van der Waals surface area contributed by atoms with Gasteiger partial charge in [0.2, 0.25) is 0 Å². The third kappa shape index (κ3) is 4.87.